The first-order chi connectivity index (χ1) is 7.04. The summed E-state index contributed by atoms with van der Waals surface area (Å²) in [5.41, 5.74) is 1.87. The number of nitrogens with one attached hydrogen (secondary N) is 1. The zero-order valence-corrected chi connectivity index (χ0v) is 9.28. The van der Waals surface area contributed by atoms with Gasteiger partial charge in [-0.15, -0.1) is 0 Å². The van der Waals surface area contributed by atoms with Crippen LogP contribution in [0.1, 0.15) is 20.8 Å². The maximum absolute atomic E-state index is 4.29. The van der Waals surface area contributed by atoms with Gasteiger partial charge in [0.1, 0.15) is 0 Å². The molecule has 0 aromatic carbocycles. The lowest BCUT2D eigenvalue weighted by Crippen LogP contribution is -2.26. The molecule has 0 spiro atoms. The first kappa shape index (κ1) is 9.90. The Morgan fingerprint density at radius 2 is 2.00 bits per heavy atom. The Labute approximate surface area is 89.6 Å². The Kier molecular flexibility index (Phi) is 2.31. The fourth-order valence-corrected chi connectivity index (χ4v) is 1.47. The van der Waals surface area contributed by atoms with E-state index >= 15 is 0 Å². The van der Waals surface area contributed by atoms with E-state index in [2.05, 4.69) is 42.1 Å². The molecule has 0 saturated carbocycles. The Morgan fingerprint density at radius 1 is 1.20 bits per heavy atom. The molecule has 0 aliphatic rings. The van der Waals surface area contributed by atoms with Gasteiger partial charge in [-0.25, -0.2) is 9.97 Å². The van der Waals surface area contributed by atoms with Crippen molar-refractivity contribution >= 4 is 16.7 Å². The maximum atomic E-state index is 4.29. The summed E-state index contributed by atoms with van der Waals surface area (Å²) in [4.78, 5) is 8.47. The summed E-state index contributed by atoms with van der Waals surface area (Å²) >= 11 is 0. The lowest BCUT2D eigenvalue weighted by molar-refractivity contribution is 0.634. The molecule has 2 aromatic heterocycles. The molecule has 3 nitrogen and oxygen atoms in total. The van der Waals surface area contributed by atoms with Crippen LogP contribution in [0.3, 0.4) is 0 Å². The normalized spacial score (nSPS) is 11.7. The maximum Gasteiger partial charge on any atom is 0.159 e. The topological polar surface area (TPSA) is 37.8 Å². The number of fused-ring (bicyclic) bond motifs is 1. The van der Waals surface area contributed by atoms with Crippen molar-refractivity contribution in [2.45, 2.75) is 26.3 Å². The van der Waals surface area contributed by atoms with Crippen molar-refractivity contribution in [1.82, 2.24) is 9.97 Å². The average molecular weight is 201 g/mol. The SMILES string of the molecule is CC(C)(C)Nc1cnc2ncccc2c1. The standard InChI is InChI=1S/C12H15N3/c1-12(2,3)15-10-7-9-5-4-6-13-11(9)14-8-10/h4-8,15H,1-3H3. The van der Waals surface area contributed by atoms with Crippen molar-refractivity contribution in [3.05, 3.63) is 30.6 Å². The van der Waals surface area contributed by atoms with Crippen LogP contribution >= 0.6 is 0 Å². The van der Waals surface area contributed by atoms with E-state index in [0.29, 0.717) is 0 Å². The third-order valence-electron chi connectivity index (χ3n) is 1.97. The minimum absolute atomic E-state index is 0.0531. The Balaban J connectivity index is 2.39. The first-order valence-corrected chi connectivity index (χ1v) is 5.03. The van der Waals surface area contributed by atoms with Crippen LogP contribution in [0.2, 0.25) is 0 Å². The Hall–Kier alpha value is -1.64. The molecule has 0 amide bonds. The second kappa shape index (κ2) is 3.50. The van der Waals surface area contributed by atoms with Gasteiger partial charge in [0.05, 0.1) is 11.9 Å². The van der Waals surface area contributed by atoms with E-state index in [0.717, 1.165) is 16.7 Å². The molecule has 2 rings (SSSR count). The molecule has 2 aromatic rings. The largest absolute Gasteiger partial charge is 0.379 e. The van der Waals surface area contributed by atoms with Crippen LogP contribution in [0.4, 0.5) is 5.69 Å². The van der Waals surface area contributed by atoms with Gasteiger partial charge >= 0.3 is 0 Å². The molecule has 78 valence electrons. The van der Waals surface area contributed by atoms with E-state index in [1.165, 1.54) is 0 Å². The highest BCUT2D eigenvalue weighted by molar-refractivity contribution is 5.77. The van der Waals surface area contributed by atoms with Crippen molar-refractivity contribution in [3.63, 3.8) is 0 Å². The van der Waals surface area contributed by atoms with Gasteiger partial charge in [0.2, 0.25) is 0 Å². The third kappa shape index (κ3) is 2.43. The minimum Gasteiger partial charge on any atom is -0.379 e. The summed E-state index contributed by atoms with van der Waals surface area (Å²) < 4.78 is 0. The van der Waals surface area contributed by atoms with E-state index < -0.39 is 0 Å². The molecule has 1 N–H and O–H groups in total. The molecule has 0 radical (unpaired) electrons. The van der Waals surface area contributed by atoms with Crippen LogP contribution in [0.15, 0.2) is 30.6 Å². The second-order valence-corrected chi connectivity index (χ2v) is 4.65. The summed E-state index contributed by atoms with van der Waals surface area (Å²) in [6.45, 7) is 6.38. The highest BCUT2D eigenvalue weighted by Gasteiger charge is 2.09. The van der Waals surface area contributed by atoms with Crippen molar-refractivity contribution in [2.24, 2.45) is 0 Å². The number of nitrogens with zero attached hydrogens (tertiary/aromatic N) is 2. The highest BCUT2D eigenvalue weighted by atomic mass is 15.0. The molecule has 0 aliphatic carbocycles. The Bertz CT molecular complexity index is 471. The molecule has 3 heteroatoms. The summed E-state index contributed by atoms with van der Waals surface area (Å²) in [6, 6.07) is 6.01. The molecule has 0 saturated heterocycles. The first-order valence-electron chi connectivity index (χ1n) is 5.03. The van der Waals surface area contributed by atoms with Gasteiger partial charge in [-0.05, 0) is 39.0 Å². The molecule has 2 heterocycles. The second-order valence-electron chi connectivity index (χ2n) is 4.65. The van der Waals surface area contributed by atoms with Crippen LogP contribution in [-0.4, -0.2) is 15.5 Å². The summed E-state index contributed by atoms with van der Waals surface area (Å²) in [5, 5.41) is 4.44. The molecule has 0 unspecified atom stereocenters. The minimum atomic E-state index is 0.0531. The highest BCUT2D eigenvalue weighted by Crippen LogP contribution is 2.17. The van der Waals surface area contributed by atoms with Gasteiger partial charge in [-0.2, -0.15) is 0 Å². The van der Waals surface area contributed by atoms with Crippen molar-refractivity contribution in [1.29, 1.82) is 0 Å². The monoisotopic (exact) mass is 201 g/mol. The van der Waals surface area contributed by atoms with E-state index in [9.17, 15) is 0 Å². The van der Waals surface area contributed by atoms with E-state index in [4.69, 9.17) is 0 Å². The number of hydrogen-bond acceptors (Lipinski definition) is 3. The predicted molar refractivity (Wildman–Crippen MR) is 62.9 cm³/mol. The molecule has 0 bridgehead atoms. The fraction of sp³-hybridized carbons (Fsp3) is 0.333. The van der Waals surface area contributed by atoms with Gasteiger partial charge in [0.25, 0.3) is 0 Å². The summed E-state index contributed by atoms with van der Waals surface area (Å²) in [7, 11) is 0. The molecular formula is C12H15N3. The third-order valence-corrected chi connectivity index (χ3v) is 1.97. The zero-order chi connectivity index (χ0) is 10.9. The molecular weight excluding hydrogens is 186 g/mol. The van der Waals surface area contributed by atoms with Crippen LogP contribution in [0.5, 0.6) is 0 Å². The van der Waals surface area contributed by atoms with Gasteiger partial charge in [-0.3, -0.25) is 0 Å². The van der Waals surface area contributed by atoms with Crippen LogP contribution in [0.25, 0.3) is 11.0 Å². The number of hydrogen-bond donors (Lipinski definition) is 1. The lowest BCUT2D eigenvalue weighted by atomic mass is 10.1. The van der Waals surface area contributed by atoms with Gasteiger partial charge in [0.15, 0.2) is 5.65 Å². The van der Waals surface area contributed by atoms with E-state index in [1.54, 1.807) is 6.20 Å². The quantitative estimate of drug-likeness (QED) is 0.771. The number of anilines is 1. The summed E-state index contributed by atoms with van der Waals surface area (Å²) in [6.07, 6.45) is 3.58. The molecule has 15 heavy (non-hydrogen) atoms. The van der Waals surface area contributed by atoms with Gasteiger partial charge < -0.3 is 5.32 Å². The number of pyridine rings is 2. The van der Waals surface area contributed by atoms with Gasteiger partial charge in [0, 0.05) is 17.1 Å². The van der Waals surface area contributed by atoms with Crippen molar-refractivity contribution in [2.75, 3.05) is 5.32 Å². The number of rotatable bonds is 1. The van der Waals surface area contributed by atoms with E-state index in [-0.39, 0.29) is 5.54 Å². The molecule has 0 fully saturated rings. The summed E-state index contributed by atoms with van der Waals surface area (Å²) in [5.74, 6) is 0. The predicted octanol–water partition coefficient (Wildman–Crippen LogP) is 2.84. The number of aromatic nitrogens is 2. The lowest BCUT2D eigenvalue weighted by Gasteiger charge is -2.21. The van der Waals surface area contributed by atoms with Crippen LogP contribution in [0, 0.1) is 0 Å². The van der Waals surface area contributed by atoms with E-state index in [1.807, 2.05) is 18.3 Å². The zero-order valence-electron chi connectivity index (χ0n) is 9.28. The average Bonchev–Trinajstić information content (AvgIpc) is 2.15. The molecule has 0 atom stereocenters. The van der Waals surface area contributed by atoms with Gasteiger partial charge in [-0.1, -0.05) is 0 Å². The van der Waals surface area contributed by atoms with Crippen LogP contribution < -0.4 is 5.32 Å². The molecule has 0 aliphatic heterocycles. The van der Waals surface area contributed by atoms with Crippen LogP contribution in [-0.2, 0) is 0 Å². The fourth-order valence-electron chi connectivity index (χ4n) is 1.47. The van der Waals surface area contributed by atoms with Crippen molar-refractivity contribution in [3.8, 4) is 0 Å². The van der Waals surface area contributed by atoms with Crippen molar-refractivity contribution < 1.29 is 0 Å². The Morgan fingerprint density at radius 3 is 2.73 bits per heavy atom. The smallest absolute Gasteiger partial charge is 0.159 e.